The molecule has 7 nitrogen and oxygen atoms in total. The molecule has 2 bridgehead atoms. The fourth-order valence-electron chi connectivity index (χ4n) is 5.53. The molecule has 0 radical (unpaired) electrons. The molecule has 2 heterocycles. The van der Waals surface area contributed by atoms with E-state index in [2.05, 4.69) is 25.9 Å². The van der Waals surface area contributed by atoms with Crippen LogP contribution in [0.25, 0.3) is 11.3 Å². The van der Waals surface area contributed by atoms with Crippen molar-refractivity contribution in [2.75, 3.05) is 10.6 Å². The molecule has 0 unspecified atom stereocenters. The summed E-state index contributed by atoms with van der Waals surface area (Å²) in [5.74, 6) is 1.70. The third kappa shape index (κ3) is 4.01. The lowest BCUT2D eigenvalue weighted by Gasteiger charge is -2.22. The van der Waals surface area contributed by atoms with Gasteiger partial charge in [0, 0.05) is 39.6 Å². The van der Waals surface area contributed by atoms with Crippen molar-refractivity contribution in [2.45, 2.75) is 38.1 Å². The molecule has 3 aromatic rings. The normalized spacial score (nSPS) is 22.4. The van der Waals surface area contributed by atoms with Crippen molar-refractivity contribution >= 4 is 40.7 Å². The summed E-state index contributed by atoms with van der Waals surface area (Å²) in [6.07, 6.45) is 6.78. The van der Waals surface area contributed by atoms with Crippen molar-refractivity contribution in [2.24, 2.45) is 11.8 Å². The first kappa shape index (κ1) is 21.1. The highest BCUT2D eigenvalue weighted by Gasteiger charge is 2.40. The number of hydrogen-bond donors (Lipinski definition) is 3. The van der Waals surface area contributed by atoms with E-state index in [1.54, 1.807) is 18.3 Å². The summed E-state index contributed by atoms with van der Waals surface area (Å²) in [6.45, 7) is 0. The molecule has 2 amide bonds. The predicted octanol–water partition coefficient (Wildman–Crippen LogP) is 4.95. The minimum absolute atomic E-state index is 0.0159. The summed E-state index contributed by atoms with van der Waals surface area (Å²) in [6, 6.07) is 13.0. The van der Waals surface area contributed by atoms with Crippen LogP contribution in [0.1, 0.15) is 41.6 Å². The molecular weight excluding hydrogens is 450 g/mol. The van der Waals surface area contributed by atoms with Gasteiger partial charge in [-0.2, -0.15) is 0 Å². The van der Waals surface area contributed by atoms with Gasteiger partial charge in [-0.3, -0.25) is 9.59 Å². The first-order valence-corrected chi connectivity index (χ1v) is 12.0. The van der Waals surface area contributed by atoms with E-state index in [4.69, 9.17) is 11.6 Å². The molecule has 2 saturated carbocycles. The predicted molar refractivity (Wildman–Crippen MR) is 131 cm³/mol. The summed E-state index contributed by atoms with van der Waals surface area (Å²) >= 11 is 6.12. The zero-order valence-corrected chi connectivity index (χ0v) is 19.2. The van der Waals surface area contributed by atoms with Gasteiger partial charge in [-0.05, 0) is 73.6 Å². The van der Waals surface area contributed by atoms with Crippen molar-refractivity contribution in [3.8, 4) is 11.3 Å². The maximum atomic E-state index is 12.7. The fraction of sp³-hybridized carbons (Fsp3) is 0.308. The van der Waals surface area contributed by atoms with Crippen LogP contribution in [0.15, 0.2) is 48.7 Å². The number of benzene rings is 2. The highest BCUT2D eigenvalue weighted by Crippen LogP contribution is 2.44. The minimum Gasteiger partial charge on any atom is -0.349 e. The average Bonchev–Trinajstić information content (AvgIpc) is 3.41. The third-order valence-corrected chi connectivity index (χ3v) is 7.42. The number of fused-ring (bicyclic) bond motifs is 5. The summed E-state index contributed by atoms with van der Waals surface area (Å²) in [5, 5.41) is 9.85. The van der Waals surface area contributed by atoms with Crippen LogP contribution >= 0.6 is 11.6 Å². The molecule has 3 N–H and O–H groups in total. The molecule has 2 aliphatic carbocycles. The van der Waals surface area contributed by atoms with Crippen molar-refractivity contribution in [1.82, 2.24) is 15.3 Å². The maximum absolute atomic E-state index is 12.7. The number of nitrogens with one attached hydrogen (secondary N) is 3. The number of rotatable bonds is 4. The van der Waals surface area contributed by atoms with Gasteiger partial charge < -0.3 is 16.0 Å². The Bertz CT molecular complexity index is 1290. The van der Waals surface area contributed by atoms with Gasteiger partial charge in [0.2, 0.25) is 11.9 Å². The first-order chi connectivity index (χ1) is 16.5. The number of carbonyl (C=O) groups is 2. The highest BCUT2D eigenvalue weighted by atomic mass is 35.5. The summed E-state index contributed by atoms with van der Waals surface area (Å²) in [4.78, 5) is 34.1. The molecule has 6 rings (SSSR count). The highest BCUT2D eigenvalue weighted by molar-refractivity contribution is 6.31. The van der Waals surface area contributed by atoms with Crippen LogP contribution in [-0.2, 0) is 11.2 Å². The molecule has 172 valence electrons. The van der Waals surface area contributed by atoms with Gasteiger partial charge in [0.05, 0.1) is 17.8 Å². The van der Waals surface area contributed by atoms with Crippen LogP contribution in [0.5, 0.6) is 0 Å². The van der Waals surface area contributed by atoms with Crippen molar-refractivity contribution in [1.29, 1.82) is 0 Å². The Labute approximate surface area is 202 Å². The van der Waals surface area contributed by atoms with Crippen LogP contribution in [0.3, 0.4) is 0 Å². The molecule has 2 aromatic carbocycles. The van der Waals surface area contributed by atoms with E-state index in [0.29, 0.717) is 39.9 Å². The summed E-state index contributed by atoms with van der Waals surface area (Å²) in [5.41, 5.74) is 4.28. The number of hydrogen-bond acceptors (Lipinski definition) is 5. The minimum atomic E-state index is -0.133. The molecule has 8 heteroatoms. The van der Waals surface area contributed by atoms with E-state index >= 15 is 0 Å². The average molecular weight is 474 g/mol. The Morgan fingerprint density at radius 3 is 2.71 bits per heavy atom. The molecule has 1 aromatic heterocycles. The van der Waals surface area contributed by atoms with Gasteiger partial charge in [-0.25, -0.2) is 9.97 Å². The zero-order valence-electron chi connectivity index (χ0n) is 18.5. The number of halogens is 1. The topological polar surface area (TPSA) is 96.0 Å². The van der Waals surface area contributed by atoms with Gasteiger partial charge in [0.25, 0.3) is 5.91 Å². The van der Waals surface area contributed by atoms with Gasteiger partial charge in [-0.15, -0.1) is 0 Å². The Hall–Kier alpha value is -3.45. The Kier molecular flexibility index (Phi) is 5.21. The van der Waals surface area contributed by atoms with Crippen LogP contribution in [0.4, 0.5) is 17.3 Å². The van der Waals surface area contributed by atoms with E-state index < -0.39 is 0 Å². The monoisotopic (exact) mass is 473 g/mol. The second-order valence-corrected chi connectivity index (χ2v) is 9.88. The molecule has 3 atom stereocenters. The lowest BCUT2D eigenvalue weighted by Crippen LogP contribution is -2.38. The first-order valence-electron chi connectivity index (χ1n) is 11.7. The smallest absolute Gasteiger partial charge is 0.251 e. The van der Waals surface area contributed by atoms with E-state index in [1.165, 1.54) is 19.3 Å². The number of nitrogens with zero attached hydrogens (tertiary/aromatic N) is 2. The van der Waals surface area contributed by atoms with Crippen LogP contribution in [0, 0.1) is 11.8 Å². The van der Waals surface area contributed by atoms with Crippen molar-refractivity contribution in [3.05, 3.63) is 64.8 Å². The number of aromatic nitrogens is 2. The van der Waals surface area contributed by atoms with Crippen LogP contribution in [0.2, 0.25) is 5.02 Å². The van der Waals surface area contributed by atoms with Crippen LogP contribution < -0.4 is 16.0 Å². The van der Waals surface area contributed by atoms with Gasteiger partial charge in [0.15, 0.2) is 0 Å². The standard InChI is InChI=1S/C26H24ClN5O2/c27-18-5-8-20-22(12-18)30-23(33)11-17-13-28-26(32-24(17)20)29-19-6-3-15(4-7-19)25(34)31-21-10-14-1-2-16(21)9-14/h3-8,12-14,16,21H,1-2,9-11H2,(H,30,33)(H,31,34)(H,28,29,32)/t14-,16-,21+/m0/s1. The molecular formula is C26H24ClN5O2. The lowest BCUT2D eigenvalue weighted by atomic mass is 9.95. The van der Waals surface area contributed by atoms with E-state index in [9.17, 15) is 9.59 Å². The Morgan fingerprint density at radius 1 is 1.09 bits per heavy atom. The quantitative estimate of drug-likeness (QED) is 0.498. The van der Waals surface area contributed by atoms with Crippen molar-refractivity contribution in [3.63, 3.8) is 0 Å². The number of amides is 2. The molecule has 34 heavy (non-hydrogen) atoms. The third-order valence-electron chi connectivity index (χ3n) is 7.18. The maximum Gasteiger partial charge on any atom is 0.251 e. The second-order valence-electron chi connectivity index (χ2n) is 9.44. The van der Waals surface area contributed by atoms with Gasteiger partial charge >= 0.3 is 0 Å². The molecule has 0 spiro atoms. The van der Waals surface area contributed by atoms with E-state index in [1.807, 2.05) is 30.3 Å². The van der Waals surface area contributed by atoms with Crippen molar-refractivity contribution < 1.29 is 9.59 Å². The number of carbonyl (C=O) groups excluding carboxylic acids is 2. The second kappa shape index (κ2) is 8.40. The molecule has 0 saturated heterocycles. The lowest BCUT2D eigenvalue weighted by molar-refractivity contribution is -0.115. The largest absolute Gasteiger partial charge is 0.349 e. The molecule has 3 aliphatic rings. The summed E-state index contributed by atoms with van der Waals surface area (Å²) < 4.78 is 0. The molecule has 2 fully saturated rings. The zero-order chi connectivity index (χ0) is 23.2. The van der Waals surface area contributed by atoms with Crippen LogP contribution in [-0.4, -0.2) is 27.8 Å². The SMILES string of the molecule is O=C1Cc2cnc(Nc3ccc(C(=O)N[C@@H]4C[C@H]5CC[C@H]4C5)cc3)nc2-c2ccc(Cl)cc2N1. The number of anilines is 3. The Balaban J connectivity index is 1.19. The van der Waals surface area contributed by atoms with Gasteiger partial charge in [0.1, 0.15) is 0 Å². The van der Waals surface area contributed by atoms with E-state index in [0.717, 1.165) is 29.2 Å². The fourth-order valence-corrected chi connectivity index (χ4v) is 5.70. The van der Waals surface area contributed by atoms with Gasteiger partial charge in [-0.1, -0.05) is 18.0 Å². The Morgan fingerprint density at radius 2 is 1.94 bits per heavy atom. The van der Waals surface area contributed by atoms with E-state index in [-0.39, 0.29) is 18.2 Å². The summed E-state index contributed by atoms with van der Waals surface area (Å²) in [7, 11) is 0. The molecule has 1 aliphatic heterocycles.